The van der Waals surface area contributed by atoms with Crippen LogP contribution in [0.15, 0.2) is 48.5 Å². The van der Waals surface area contributed by atoms with Gasteiger partial charge in [-0.25, -0.2) is 0 Å². The molecule has 1 heterocycles. The molecule has 0 radical (unpaired) electrons. The van der Waals surface area contributed by atoms with Crippen molar-refractivity contribution >= 4 is 0 Å². The maximum atomic E-state index is 12.9. The highest BCUT2D eigenvalue weighted by atomic mass is 19.4. The van der Waals surface area contributed by atoms with Gasteiger partial charge in [0, 0.05) is 25.0 Å². The van der Waals surface area contributed by atoms with Crippen LogP contribution in [0.25, 0.3) is 0 Å². The van der Waals surface area contributed by atoms with Gasteiger partial charge in [-0.05, 0) is 56.6 Å². The van der Waals surface area contributed by atoms with Gasteiger partial charge < -0.3 is 5.73 Å². The Kier molecular flexibility index (Phi) is 6.66. The van der Waals surface area contributed by atoms with Crippen LogP contribution in [0.5, 0.6) is 0 Å². The Morgan fingerprint density at radius 2 is 1.45 bits per heavy atom. The molecule has 158 valence electrons. The van der Waals surface area contributed by atoms with Crippen molar-refractivity contribution < 1.29 is 13.2 Å². The van der Waals surface area contributed by atoms with Crippen molar-refractivity contribution in [2.45, 2.75) is 25.9 Å². The average molecular weight is 406 g/mol. The molecule has 1 unspecified atom stereocenters. The molecule has 0 amide bonds. The number of hydrogen-bond acceptors (Lipinski definition) is 3. The third kappa shape index (κ3) is 5.81. The lowest BCUT2D eigenvalue weighted by Gasteiger charge is -2.37. The van der Waals surface area contributed by atoms with Gasteiger partial charge in [-0.15, -0.1) is 0 Å². The van der Waals surface area contributed by atoms with Crippen LogP contribution in [0, 0.1) is 12.3 Å². The predicted octanol–water partition coefficient (Wildman–Crippen LogP) is 3.95. The largest absolute Gasteiger partial charge is 0.416 e. The molecular weight excluding hydrogens is 375 g/mol. The SMILES string of the molecule is Cc1ccc(CC(CN)(Cc2ccc(C(F)(F)F)cc2)CN2CCN(C)C2)cc1. The summed E-state index contributed by atoms with van der Waals surface area (Å²) < 4.78 is 38.8. The van der Waals surface area contributed by atoms with Crippen molar-refractivity contribution in [2.75, 3.05) is 39.9 Å². The minimum atomic E-state index is -4.31. The van der Waals surface area contributed by atoms with Crippen molar-refractivity contribution in [3.8, 4) is 0 Å². The van der Waals surface area contributed by atoms with Crippen LogP contribution in [0.1, 0.15) is 22.3 Å². The van der Waals surface area contributed by atoms with E-state index in [1.807, 2.05) is 0 Å². The van der Waals surface area contributed by atoms with Gasteiger partial charge in [0.05, 0.1) is 12.2 Å². The molecule has 0 saturated carbocycles. The Morgan fingerprint density at radius 3 is 1.90 bits per heavy atom. The number of rotatable bonds is 7. The number of likely N-dealkylation sites (N-methyl/N-ethyl adjacent to an activating group) is 1. The summed E-state index contributed by atoms with van der Waals surface area (Å²) in [5, 5.41) is 0. The molecule has 3 nitrogen and oxygen atoms in total. The first-order chi connectivity index (χ1) is 13.7. The molecule has 6 heteroatoms. The first kappa shape index (κ1) is 21.8. The molecule has 1 saturated heterocycles. The van der Waals surface area contributed by atoms with Gasteiger partial charge in [-0.3, -0.25) is 9.80 Å². The summed E-state index contributed by atoms with van der Waals surface area (Å²) in [6.45, 7) is 6.25. The molecule has 1 fully saturated rings. The zero-order valence-electron chi connectivity index (χ0n) is 17.2. The van der Waals surface area contributed by atoms with Crippen LogP contribution in [0.4, 0.5) is 13.2 Å². The van der Waals surface area contributed by atoms with Crippen LogP contribution in [-0.4, -0.2) is 49.7 Å². The zero-order chi connectivity index (χ0) is 21.1. The fraction of sp³-hybridized carbons (Fsp3) is 0.478. The lowest BCUT2D eigenvalue weighted by molar-refractivity contribution is -0.137. The van der Waals surface area contributed by atoms with E-state index >= 15 is 0 Å². The summed E-state index contributed by atoms with van der Waals surface area (Å²) in [4.78, 5) is 4.66. The molecule has 0 bridgehead atoms. The van der Waals surface area contributed by atoms with Crippen molar-refractivity contribution in [2.24, 2.45) is 11.1 Å². The fourth-order valence-electron chi connectivity index (χ4n) is 4.17. The second-order valence-corrected chi connectivity index (χ2v) is 8.51. The highest BCUT2D eigenvalue weighted by molar-refractivity contribution is 5.27. The maximum Gasteiger partial charge on any atom is 0.416 e. The standard InChI is InChI=1S/C23H30F3N3/c1-18-3-5-19(6-4-18)13-22(15-27,16-29-12-11-28(2)17-29)14-20-7-9-21(10-8-20)23(24,25)26/h3-10H,11-17,27H2,1-2H3. The predicted molar refractivity (Wildman–Crippen MR) is 111 cm³/mol. The smallest absolute Gasteiger partial charge is 0.330 e. The summed E-state index contributed by atoms with van der Waals surface area (Å²) in [7, 11) is 2.10. The van der Waals surface area contributed by atoms with Gasteiger partial charge in [0.15, 0.2) is 0 Å². The van der Waals surface area contributed by atoms with Crippen molar-refractivity contribution in [3.05, 3.63) is 70.8 Å². The van der Waals surface area contributed by atoms with E-state index in [0.29, 0.717) is 13.0 Å². The monoisotopic (exact) mass is 405 g/mol. The van der Waals surface area contributed by atoms with Gasteiger partial charge in [0.1, 0.15) is 0 Å². The average Bonchev–Trinajstić information content (AvgIpc) is 3.07. The van der Waals surface area contributed by atoms with Gasteiger partial charge >= 0.3 is 6.18 Å². The van der Waals surface area contributed by atoms with E-state index in [-0.39, 0.29) is 5.41 Å². The van der Waals surface area contributed by atoms with E-state index in [1.54, 1.807) is 12.1 Å². The minimum Gasteiger partial charge on any atom is -0.330 e. The Balaban J connectivity index is 1.85. The van der Waals surface area contributed by atoms with E-state index < -0.39 is 11.7 Å². The highest BCUT2D eigenvalue weighted by Gasteiger charge is 2.34. The number of benzene rings is 2. The van der Waals surface area contributed by atoms with E-state index in [2.05, 4.69) is 48.0 Å². The third-order valence-corrected chi connectivity index (χ3v) is 5.79. The number of aryl methyl sites for hydroxylation is 1. The summed E-state index contributed by atoms with van der Waals surface area (Å²) >= 11 is 0. The van der Waals surface area contributed by atoms with Gasteiger partial charge in [0.2, 0.25) is 0 Å². The third-order valence-electron chi connectivity index (χ3n) is 5.79. The van der Waals surface area contributed by atoms with E-state index in [4.69, 9.17) is 5.73 Å². The molecule has 3 rings (SSSR count). The second-order valence-electron chi connectivity index (χ2n) is 8.51. The molecule has 0 spiro atoms. The number of hydrogen-bond donors (Lipinski definition) is 1. The number of halogens is 3. The quantitative estimate of drug-likeness (QED) is 0.757. The normalized spacial score (nSPS) is 18.1. The second kappa shape index (κ2) is 8.86. The van der Waals surface area contributed by atoms with Crippen LogP contribution in [-0.2, 0) is 19.0 Å². The van der Waals surface area contributed by atoms with E-state index in [9.17, 15) is 13.2 Å². The molecule has 1 atom stereocenters. The van der Waals surface area contributed by atoms with E-state index in [0.717, 1.165) is 38.3 Å². The van der Waals surface area contributed by atoms with Crippen molar-refractivity contribution in [1.29, 1.82) is 0 Å². The molecule has 29 heavy (non-hydrogen) atoms. The summed E-state index contributed by atoms with van der Waals surface area (Å²) in [5.74, 6) is 0. The Bertz CT molecular complexity index is 787. The Labute approximate surface area is 171 Å². The zero-order valence-corrected chi connectivity index (χ0v) is 17.2. The first-order valence-corrected chi connectivity index (χ1v) is 10.0. The lowest BCUT2D eigenvalue weighted by Crippen LogP contribution is -2.45. The van der Waals surface area contributed by atoms with Gasteiger partial charge in [0.25, 0.3) is 0 Å². The molecule has 2 aromatic rings. The molecule has 0 aromatic heterocycles. The van der Waals surface area contributed by atoms with Crippen molar-refractivity contribution in [1.82, 2.24) is 9.80 Å². The van der Waals surface area contributed by atoms with Gasteiger partial charge in [-0.1, -0.05) is 42.0 Å². The summed E-state index contributed by atoms with van der Waals surface area (Å²) in [6.07, 6.45) is -2.87. The van der Waals surface area contributed by atoms with Crippen LogP contribution in [0.3, 0.4) is 0 Å². The number of nitrogens with two attached hydrogens (primary N) is 1. The molecule has 0 aliphatic carbocycles. The topological polar surface area (TPSA) is 32.5 Å². The lowest BCUT2D eigenvalue weighted by atomic mass is 9.76. The molecule has 2 aromatic carbocycles. The summed E-state index contributed by atoms with van der Waals surface area (Å²) in [6, 6.07) is 14.0. The van der Waals surface area contributed by atoms with Crippen LogP contribution in [0.2, 0.25) is 0 Å². The molecular formula is C23H30F3N3. The van der Waals surface area contributed by atoms with Crippen molar-refractivity contribution in [3.63, 3.8) is 0 Å². The minimum absolute atomic E-state index is 0.236. The number of alkyl halides is 3. The molecule has 1 aliphatic heterocycles. The molecule has 2 N–H and O–H groups in total. The summed E-state index contributed by atoms with van der Waals surface area (Å²) in [5.41, 5.74) is 8.78. The number of nitrogens with zero attached hydrogens (tertiary/aromatic N) is 2. The fourth-order valence-corrected chi connectivity index (χ4v) is 4.17. The first-order valence-electron chi connectivity index (χ1n) is 10.0. The Morgan fingerprint density at radius 1 is 0.897 bits per heavy atom. The van der Waals surface area contributed by atoms with E-state index in [1.165, 1.54) is 23.3 Å². The highest BCUT2D eigenvalue weighted by Crippen LogP contribution is 2.32. The van der Waals surface area contributed by atoms with Gasteiger partial charge in [-0.2, -0.15) is 13.2 Å². The Hall–Kier alpha value is -1.89. The van der Waals surface area contributed by atoms with Crippen LogP contribution < -0.4 is 5.73 Å². The maximum absolute atomic E-state index is 12.9. The molecule has 1 aliphatic rings. The van der Waals surface area contributed by atoms with Crippen LogP contribution >= 0.6 is 0 Å².